The Kier molecular flexibility index (Phi) is 3.76. The van der Waals surface area contributed by atoms with Gasteiger partial charge in [-0.2, -0.15) is 0 Å². The van der Waals surface area contributed by atoms with Gasteiger partial charge in [-0.1, -0.05) is 23.2 Å². The lowest BCUT2D eigenvalue weighted by Crippen LogP contribution is -2.48. The van der Waals surface area contributed by atoms with Crippen molar-refractivity contribution in [2.75, 3.05) is 24.6 Å². The minimum absolute atomic E-state index is 0.438. The van der Waals surface area contributed by atoms with Crippen LogP contribution in [0.4, 0.5) is 5.69 Å². The van der Waals surface area contributed by atoms with Gasteiger partial charge in [-0.25, -0.2) is 0 Å². The normalized spacial score (nSPS) is 20.4. The summed E-state index contributed by atoms with van der Waals surface area (Å²) in [6, 6.07) is 5.36. The number of nitrogens with two attached hydrogens (primary N) is 1. The third-order valence-electron chi connectivity index (χ3n) is 2.65. The van der Waals surface area contributed by atoms with Crippen LogP contribution in [-0.4, -0.2) is 31.7 Å². The molecule has 1 atom stereocenters. The summed E-state index contributed by atoms with van der Waals surface area (Å²) in [5.74, 6) is -0.449. The topological polar surface area (TPSA) is 55.6 Å². The molecule has 1 aromatic carbocycles. The third-order valence-corrected chi connectivity index (χ3v) is 3.39. The fourth-order valence-electron chi connectivity index (χ4n) is 1.74. The summed E-state index contributed by atoms with van der Waals surface area (Å²) in [7, 11) is 0. The maximum Gasteiger partial charge on any atom is 0.248 e. The van der Waals surface area contributed by atoms with Crippen molar-refractivity contribution in [3.8, 4) is 0 Å². The van der Waals surface area contributed by atoms with Crippen LogP contribution in [0.3, 0.4) is 0 Å². The number of nitrogens with zero attached hydrogens (tertiary/aromatic N) is 1. The highest BCUT2D eigenvalue weighted by Gasteiger charge is 2.25. The van der Waals surface area contributed by atoms with E-state index >= 15 is 0 Å². The molecule has 1 aliphatic heterocycles. The second-order valence-electron chi connectivity index (χ2n) is 3.81. The lowest BCUT2D eigenvalue weighted by atomic mass is 10.2. The number of hydrogen-bond donors (Lipinski definition) is 1. The van der Waals surface area contributed by atoms with E-state index in [2.05, 4.69) is 0 Å². The van der Waals surface area contributed by atoms with Gasteiger partial charge in [0.1, 0.15) is 0 Å². The van der Waals surface area contributed by atoms with Crippen molar-refractivity contribution in [3.63, 3.8) is 0 Å². The predicted molar refractivity (Wildman–Crippen MR) is 67.6 cm³/mol. The number of morpholine rings is 1. The molecule has 17 heavy (non-hydrogen) atoms. The highest BCUT2D eigenvalue weighted by molar-refractivity contribution is 6.42. The molecule has 1 fully saturated rings. The van der Waals surface area contributed by atoms with E-state index in [1.807, 2.05) is 11.0 Å². The van der Waals surface area contributed by atoms with Crippen LogP contribution in [0.15, 0.2) is 18.2 Å². The number of benzene rings is 1. The minimum atomic E-state index is -0.571. The van der Waals surface area contributed by atoms with Crippen LogP contribution in [0.2, 0.25) is 10.0 Å². The van der Waals surface area contributed by atoms with Crippen molar-refractivity contribution < 1.29 is 9.53 Å². The Bertz CT molecular complexity index is 439. The van der Waals surface area contributed by atoms with E-state index in [0.29, 0.717) is 29.7 Å². The van der Waals surface area contributed by atoms with Crippen molar-refractivity contribution in [1.82, 2.24) is 0 Å². The molecule has 1 heterocycles. The summed E-state index contributed by atoms with van der Waals surface area (Å²) in [6.07, 6.45) is -0.571. The lowest BCUT2D eigenvalue weighted by molar-refractivity contribution is -0.130. The molecule has 4 nitrogen and oxygen atoms in total. The van der Waals surface area contributed by atoms with Gasteiger partial charge in [0.2, 0.25) is 5.91 Å². The number of hydrogen-bond acceptors (Lipinski definition) is 3. The van der Waals surface area contributed by atoms with Gasteiger partial charge in [-0.3, -0.25) is 4.79 Å². The zero-order chi connectivity index (χ0) is 12.4. The molecule has 1 amide bonds. The fourth-order valence-corrected chi connectivity index (χ4v) is 2.03. The first-order valence-electron chi connectivity index (χ1n) is 5.19. The molecule has 2 rings (SSSR count). The zero-order valence-electron chi connectivity index (χ0n) is 9.03. The molecule has 0 aliphatic carbocycles. The molecule has 0 bridgehead atoms. The number of carbonyl (C=O) groups excluding carboxylic acids is 1. The predicted octanol–water partition coefficient (Wildman–Crippen LogP) is 1.68. The van der Waals surface area contributed by atoms with E-state index in [0.717, 1.165) is 5.69 Å². The first kappa shape index (κ1) is 12.5. The molecule has 92 valence electrons. The van der Waals surface area contributed by atoms with E-state index in [1.54, 1.807) is 12.1 Å². The summed E-state index contributed by atoms with van der Waals surface area (Å²) in [5.41, 5.74) is 6.13. The molecule has 0 radical (unpaired) electrons. The number of amides is 1. The summed E-state index contributed by atoms with van der Waals surface area (Å²) in [4.78, 5) is 13.1. The van der Waals surface area contributed by atoms with Crippen molar-refractivity contribution in [3.05, 3.63) is 28.2 Å². The SMILES string of the molecule is NC(=O)[C@@H]1CN(c2ccc(Cl)c(Cl)c2)CCO1. The first-order valence-corrected chi connectivity index (χ1v) is 5.94. The van der Waals surface area contributed by atoms with Crippen LogP contribution >= 0.6 is 23.2 Å². The van der Waals surface area contributed by atoms with Crippen molar-refractivity contribution in [2.24, 2.45) is 5.73 Å². The largest absolute Gasteiger partial charge is 0.367 e. The second-order valence-corrected chi connectivity index (χ2v) is 4.62. The highest BCUT2D eigenvalue weighted by atomic mass is 35.5. The van der Waals surface area contributed by atoms with E-state index < -0.39 is 12.0 Å². The number of ether oxygens (including phenoxy) is 1. The minimum Gasteiger partial charge on any atom is -0.367 e. The van der Waals surface area contributed by atoms with E-state index in [4.69, 9.17) is 33.7 Å². The Hall–Kier alpha value is -0.970. The molecule has 1 aliphatic rings. The lowest BCUT2D eigenvalue weighted by Gasteiger charge is -2.33. The van der Waals surface area contributed by atoms with Crippen LogP contribution in [0.25, 0.3) is 0 Å². The van der Waals surface area contributed by atoms with Crippen LogP contribution in [0, 0.1) is 0 Å². The van der Waals surface area contributed by atoms with Crippen LogP contribution < -0.4 is 10.6 Å². The zero-order valence-corrected chi connectivity index (χ0v) is 10.5. The van der Waals surface area contributed by atoms with Gasteiger partial charge < -0.3 is 15.4 Å². The molecule has 6 heteroatoms. The number of primary amides is 1. The van der Waals surface area contributed by atoms with Gasteiger partial charge >= 0.3 is 0 Å². The van der Waals surface area contributed by atoms with Gasteiger partial charge in [-0.05, 0) is 18.2 Å². The van der Waals surface area contributed by atoms with Gasteiger partial charge in [0.05, 0.1) is 23.2 Å². The van der Waals surface area contributed by atoms with Crippen molar-refractivity contribution in [1.29, 1.82) is 0 Å². The molecule has 2 N–H and O–H groups in total. The second kappa shape index (κ2) is 5.12. The van der Waals surface area contributed by atoms with Crippen LogP contribution in [0.5, 0.6) is 0 Å². The van der Waals surface area contributed by atoms with E-state index in [1.165, 1.54) is 0 Å². The molecular formula is C11H12Cl2N2O2. The molecular weight excluding hydrogens is 263 g/mol. The van der Waals surface area contributed by atoms with E-state index in [-0.39, 0.29) is 0 Å². The monoisotopic (exact) mass is 274 g/mol. The molecule has 1 saturated heterocycles. The Morgan fingerprint density at radius 1 is 1.41 bits per heavy atom. The number of carbonyl (C=O) groups is 1. The Balaban J connectivity index is 2.16. The van der Waals surface area contributed by atoms with Gasteiger partial charge in [0, 0.05) is 12.2 Å². The quantitative estimate of drug-likeness (QED) is 0.893. The van der Waals surface area contributed by atoms with Crippen molar-refractivity contribution in [2.45, 2.75) is 6.10 Å². The summed E-state index contributed by atoms with van der Waals surface area (Å²) < 4.78 is 5.27. The Morgan fingerprint density at radius 2 is 2.18 bits per heavy atom. The summed E-state index contributed by atoms with van der Waals surface area (Å²) in [5, 5.41) is 1.00. The average molecular weight is 275 g/mol. The standard InChI is InChI=1S/C11H12Cl2N2O2/c12-8-2-1-7(5-9(8)13)15-3-4-17-10(6-15)11(14)16/h1-2,5,10H,3-4,6H2,(H2,14,16)/t10-/m0/s1. The van der Waals surface area contributed by atoms with Gasteiger partial charge in [0.25, 0.3) is 0 Å². The first-order chi connectivity index (χ1) is 8.08. The smallest absolute Gasteiger partial charge is 0.248 e. The van der Waals surface area contributed by atoms with Gasteiger partial charge in [-0.15, -0.1) is 0 Å². The molecule has 0 saturated carbocycles. The number of anilines is 1. The summed E-state index contributed by atoms with van der Waals surface area (Å²) >= 11 is 11.8. The van der Waals surface area contributed by atoms with Crippen LogP contribution in [-0.2, 0) is 9.53 Å². The molecule has 0 aromatic heterocycles. The van der Waals surface area contributed by atoms with Crippen LogP contribution in [0.1, 0.15) is 0 Å². The van der Waals surface area contributed by atoms with Gasteiger partial charge in [0.15, 0.2) is 6.10 Å². The number of rotatable bonds is 2. The van der Waals surface area contributed by atoms with Crippen molar-refractivity contribution >= 4 is 34.8 Å². The fraction of sp³-hybridized carbons (Fsp3) is 0.364. The van der Waals surface area contributed by atoms with E-state index in [9.17, 15) is 4.79 Å². The molecule has 0 spiro atoms. The number of halogens is 2. The maximum absolute atomic E-state index is 11.1. The molecule has 1 aromatic rings. The Morgan fingerprint density at radius 3 is 2.82 bits per heavy atom. The molecule has 0 unspecified atom stereocenters. The highest BCUT2D eigenvalue weighted by Crippen LogP contribution is 2.28. The third kappa shape index (κ3) is 2.83. The maximum atomic E-state index is 11.1. The summed E-state index contributed by atoms with van der Waals surface area (Å²) in [6.45, 7) is 1.60. The Labute approximate surface area is 109 Å². The average Bonchev–Trinajstić information content (AvgIpc) is 2.33.